The molecule has 1 atom stereocenters. The van der Waals surface area contributed by atoms with E-state index in [-0.39, 0.29) is 6.04 Å². The lowest BCUT2D eigenvalue weighted by Crippen LogP contribution is -2.48. The van der Waals surface area contributed by atoms with Crippen molar-refractivity contribution in [2.75, 3.05) is 39.3 Å². The Labute approximate surface area is 149 Å². The molecular formula is C19H28N4O2. The minimum atomic E-state index is 0.169. The van der Waals surface area contributed by atoms with E-state index >= 15 is 0 Å². The fourth-order valence-electron chi connectivity index (χ4n) is 2.99. The average molecular weight is 344 g/mol. The third-order valence-corrected chi connectivity index (χ3v) is 4.71. The van der Waals surface area contributed by atoms with Crippen molar-refractivity contribution in [2.45, 2.75) is 32.7 Å². The molecule has 3 rings (SSSR count). The molecular weight excluding hydrogens is 316 g/mol. The van der Waals surface area contributed by atoms with Gasteiger partial charge in [0.1, 0.15) is 12.4 Å². The lowest BCUT2D eigenvalue weighted by molar-refractivity contribution is 0.0800. The molecule has 0 aliphatic carbocycles. The van der Waals surface area contributed by atoms with E-state index in [2.05, 4.69) is 40.7 Å². The van der Waals surface area contributed by atoms with Crippen molar-refractivity contribution < 1.29 is 9.26 Å². The number of para-hydroxylation sites is 1. The Kier molecular flexibility index (Phi) is 6.04. The molecule has 2 aromatic rings. The zero-order chi connectivity index (χ0) is 17.6. The van der Waals surface area contributed by atoms with Crippen LogP contribution in [-0.2, 0) is 0 Å². The summed E-state index contributed by atoms with van der Waals surface area (Å²) in [6.45, 7) is 12.1. The molecule has 1 aliphatic rings. The van der Waals surface area contributed by atoms with Crippen molar-refractivity contribution in [3.63, 3.8) is 0 Å². The molecule has 0 radical (unpaired) electrons. The quantitative estimate of drug-likeness (QED) is 0.770. The highest BCUT2D eigenvalue weighted by Gasteiger charge is 2.26. The van der Waals surface area contributed by atoms with E-state index in [9.17, 15) is 0 Å². The molecule has 1 aliphatic heterocycles. The van der Waals surface area contributed by atoms with Gasteiger partial charge in [-0.1, -0.05) is 37.2 Å². The van der Waals surface area contributed by atoms with E-state index in [1.54, 1.807) is 0 Å². The number of piperazine rings is 1. The first-order chi connectivity index (χ1) is 12.1. The highest BCUT2D eigenvalue weighted by atomic mass is 16.5. The smallest absolute Gasteiger partial charge is 0.243 e. The normalized spacial score (nSPS) is 17.8. The summed E-state index contributed by atoms with van der Waals surface area (Å²) in [7, 11) is 0. The third kappa shape index (κ3) is 4.80. The Morgan fingerprint density at radius 1 is 1.08 bits per heavy atom. The largest absolute Gasteiger partial charge is 0.492 e. The Bertz CT molecular complexity index is 636. The van der Waals surface area contributed by atoms with E-state index in [1.807, 2.05) is 30.3 Å². The van der Waals surface area contributed by atoms with Gasteiger partial charge >= 0.3 is 0 Å². The molecule has 136 valence electrons. The summed E-state index contributed by atoms with van der Waals surface area (Å²) in [5.74, 6) is 2.75. The predicted molar refractivity (Wildman–Crippen MR) is 96.8 cm³/mol. The molecule has 2 heterocycles. The summed E-state index contributed by atoms with van der Waals surface area (Å²) in [5.41, 5.74) is 0. The number of hydrogen-bond donors (Lipinski definition) is 0. The fourth-order valence-corrected chi connectivity index (χ4v) is 2.99. The third-order valence-electron chi connectivity index (χ3n) is 4.71. The van der Waals surface area contributed by atoms with Gasteiger partial charge in [0, 0.05) is 38.6 Å². The van der Waals surface area contributed by atoms with Crippen molar-refractivity contribution in [1.29, 1.82) is 0 Å². The second kappa shape index (κ2) is 8.45. The Balaban J connectivity index is 1.41. The molecule has 0 spiro atoms. The van der Waals surface area contributed by atoms with Crippen molar-refractivity contribution in [3.8, 4) is 5.75 Å². The van der Waals surface area contributed by atoms with Crippen molar-refractivity contribution >= 4 is 0 Å². The van der Waals surface area contributed by atoms with Gasteiger partial charge in [0.25, 0.3) is 0 Å². The highest BCUT2D eigenvalue weighted by molar-refractivity contribution is 5.20. The molecule has 0 amide bonds. The van der Waals surface area contributed by atoms with Gasteiger partial charge in [-0.05, 0) is 19.1 Å². The monoisotopic (exact) mass is 344 g/mol. The van der Waals surface area contributed by atoms with Crippen LogP contribution in [0.2, 0.25) is 0 Å². The molecule has 1 fully saturated rings. The van der Waals surface area contributed by atoms with Crippen molar-refractivity contribution in [2.24, 2.45) is 0 Å². The first kappa shape index (κ1) is 17.9. The van der Waals surface area contributed by atoms with Crippen molar-refractivity contribution in [3.05, 3.63) is 42.0 Å². The molecule has 1 unspecified atom stereocenters. The summed E-state index contributed by atoms with van der Waals surface area (Å²) in [6, 6.07) is 10.2. The van der Waals surface area contributed by atoms with E-state index in [4.69, 9.17) is 9.26 Å². The number of aromatic nitrogens is 2. The predicted octanol–water partition coefficient (Wildman–Crippen LogP) is 2.95. The topological polar surface area (TPSA) is 54.6 Å². The molecule has 6 heteroatoms. The Morgan fingerprint density at radius 2 is 1.80 bits per heavy atom. The van der Waals surface area contributed by atoms with Gasteiger partial charge in [-0.2, -0.15) is 4.98 Å². The molecule has 0 N–H and O–H groups in total. The lowest BCUT2D eigenvalue weighted by Gasteiger charge is -2.36. The van der Waals surface area contributed by atoms with Gasteiger partial charge in [0.2, 0.25) is 5.89 Å². The van der Waals surface area contributed by atoms with Crippen LogP contribution in [-0.4, -0.2) is 59.3 Å². The zero-order valence-electron chi connectivity index (χ0n) is 15.4. The zero-order valence-corrected chi connectivity index (χ0v) is 15.4. The number of rotatable bonds is 7. The Hall–Kier alpha value is -1.92. The molecule has 6 nitrogen and oxygen atoms in total. The highest BCUT2D eigenvalue weighted by Crippen LogP contribution is 2.21. The number of ether oxygens (including phenoxy) is 1. The van der Waals surface area contributed by atoms with Crippen LogP contribution in [0.5, 0.6) is 5.75 Å². The average Bonchev–Trinajstić information content (AvgIpc) is 3.13. The van der Waals surface area contributed by atoms with Gasteiger partial charge in [0.15, 0.2) is 5.82 Å². The van der Waals surface area contributed by atoms with Crippen LogP contribution in [0.1, 0.15) is 44.4 Å². The maximum atomic E-state index is 5.79. The summed E-state index contributed by atoms with van der Waals surface area (Å²) in [4.78, 5) is 9.39. The standard InChI is InChI=1S/C19H28N4O2/c1-15(2)18-20-19(25-21-18)16(3)23-11-9-22(10-12-23)13-14-24-17-7-5-4-6-8-17/h4-8,15-16H,9-14H2,1-3H3. The maximum Gasteiger partial charge on any atom is 0.243 e. The van der Waals surface area contributed by atoms with Crippen LogP contribution < -0.4 is 4.74 Å². The first-order valence-corrected chi connectivity index (χ1v) is 9.11. The minimum Gasteiger partial charge on any atom is -0.492 e. The fraction of sp³-hybridized carbons (Fsp3) is 0.579. The second-order valence-electron chi connectivity index (χ2n) is 6.86. The van der Waals surface area contributed by atoms with E-state index in [0.29, 0.717) is 5.92 Å². The van der Waals surface area contributed by atoms with E-state index < -0.39 is 0 Å². The summed E-state index contributed by atoms with van der Waals surface area (Å²) >= 11 is 0. The summed E-state index contributed by atoms with van der Waals surface area (Å²) in [6.07, 6.45) is 0. The summed E-state index contributed by atoms with van der Waals surface area (Å²) < 4.78 is 11.2. The van der Waals surface area contributed by atoms with Gasteiger partial charge in [-0.25, -0.2) is 0 Å². The van der Waals surface area contributed by atoms with Crippen LogP contribution in [0, 0.1) is 0 Å². The van der Waals surface area contributed by atoms with Gasteiger partial charge in [-0.15, -0.1) is 0 Å². The number of hydrogen-bond acceptors (Lipinski definition) is 6. The van der Waals surface area contributed by atoms with Crippen LogP contribution in [0.3, 0.4) is 0 Å². The molecule has 1 saturated heterocycles. The maximum absolute atomic E-state index is 5.79. The number of nitrogens with zero attached hydrogens (tertiary/aromatic N) is 4. The van der Waals surface area contributed by atoms with Crippen LogP contribution >= 0.6 is 0 Å². The summed E-state index contributed by atoms with van der Waals surface area (Å²) in [5, 5.41) is 4.08. The minimum absolute atomic E-state index is 0.169. The second-order valence-corrected chi connectivity index (χ2v) is 6.86. The number of benzene rings is 1. The molecule has 0 bridgehead atoms. The van der Waals surface area contributed by atoms with Gasteiger partial charge in [-0.3, -0.25) is 9.80 Å². The van der Waals surface area contributed by atoms with Crippen molar-refractivity contribution in [1.82, 2.24) is 19.9 Å². The van der Waals surface area contributed by atoms with Crippen LogP contribution in [0.15, 0.2) is 34.9 Å². The molecule has 1 aromatic heterocycles. The van der Waals surface area contributed by atoms with Crippen LogP contribution in [0.25, 0.3) is 0 Å². The van der Waals surface area contributed by atoms with Crippen LogP contribution in [0.4, 0.5) is 0 Å². The first-order valence-electron chi connectivity index (χ1n) is 9.11. The van der Waals surface area contributed by atoms with E-state index in [1.165, 1.54) is 0 Å². The van der Waals surface area contributed by atoms with Gasteiger partial charge in [0.05, 0.1) is 6.04 Å². The molecule has 25 heavy (non-hydrogen) atoms. The van der Waals surface area contributed by atoms with E-state index in [0.717, 1.165) is 56.8 Å². The van der Waals surface area contributed by atoms with Gasteiger partial charge < -0.3 is 9.26 Å². The molecule has 0 saturated carbocycles. The SMILES string of the molecule is CC(C)c1noc(C(C)N2CCN(CCOc3ccccc3)CC2)n1. The lowest BCUT2D eigenvalue weighted by atomic mass is 10.2. The molecule has 1 aromatic carbocycles. The Morgan fingerprint density at radius 3 is 2.44 bits per heavy atom.